The maximum atomic E-state index is 14.4. The SMILES string of the molecule is Fc1ccccc1[O][Zr]([O]c1ccccc1F)([C]1=CC=CC1)[C]1=CC=CC1. The van der Waals surface area contributed by atoms with E-state index in [-0.39, 0.29) is 11.5 Å². The van der Waals surface area contributed by atoms with Crippen LogP contribution in [-0.2, 0) is 21.1 Å². The molecule has 0 fully saturated rings. The Morgan fingerprint density at radius 1 is 0.667 bits per heavy atom. The van der Waals surface area contributed by atoms with E-state index in [1.165, 1.54) is 12.1 Å². The molecule has 2 aliphatic carbocycles. The quantitative estimate of drug-likeness (QED) is 0.538. The normalized spacial score (nSPS) is 15.6. The summed E-state index contributed by atoms with van der Waals surface area (Å²) in [7, 11) is 0. The Morgan fingerprint density at radius 2 is 1.11 bits per heavy atom. The maximum absolute atomic E-state index is 14.4. The third-order valence-corrected chi connectivity index (χ3v) is 13.0. The van der Waals surface area contributed by atoms with E-state index in [2.05, 4.69) is 0 Å². The van der Waals surface area contributed by atoms with Crippen LogP contribution in [0.25, 0.3) is 0 Å². The molecule has 0 N–H and O–H groups in total. The van der Waals surface area contributed by atoms with Gasteiger partial charge in [-0.1, -0.05) is 0 Å². The molecule has 0 saturated heterocycles. The second kappa shape index (κ2) is 7.78. The van der Waals surface area contributed by atoms with Gasteiger partial charge in [0.1, 0.15) is 0 Å². The van der Waals surface area contributed by atoms with Crippen LogP contribution in [-0.4, -0.2) is 0 Å². The molecule has 4 rings (SSSR count). The van der Waals surface area contributed by atoms with Crippen molar-refractivity contribution in [1.82, 2.24) is 0 Å². The van der Waals surface area contributed by atoms with Gasteiger partial charge in [0.15, 0.2) is 0 Å². The van der Waals surface area contributed by atoms with E-state index in [9.17, 15) is 8.78 Å². The first-order chi connectivity index (χ1) is 13.2. The second-order valence-electron chi connectivity index (χ2n) is 6.33. The Labute approximate surface area is 162 Å². The van der Waals surface area contributed by atoms with Crippen molar-refractivity contribution in [3.8, 4) is 11.5 Å². The van der Waals surface area contributed by atoms with Gasteiger partial charge >= 0.3 is 163 Å². The van der Waals surface area contributed by atoms with Crippen LogP contribution in [0.3, 0.4) is 0 Å². The van der Waals surface area contributed by atoms with E-state index in [1.54, 1.807) is 36.4 Å². The number of rotatable bonds is 6. The molecule has 2 aliphatic rings. The average Bonchev–Trinajstić information content (AvgIpc) is 3.39. The molecule has 0 unspecified atom stereocenters. The summed E-state index contributed by atoms with van der Waals surface area (Å²) in [5.74, 6) is -0.613. The van der Waals surface area contributed by atoms with Gasteiger partial charge in [0.25, 0.3) is 0 Å². The Balaban J connectivity index is 1.84. The van der Waals surface area contributed by atoms with Gasteiger partial charge in [-0.2, -0.15) is 0 Å². The summed E-state index contributed by atoms with van der Waals surface area (Å²) >= 11 is -4.34. The molecule has 0 radical (unpaired) electrons. The molecule has 0 heterocycles. The van der Waals surface area contributed by atoms with Gasteiger partial charge in [-0.15, -0.1) is 0 Å². The molecule has 0 aromatic heterocycles. The minimum absolute atomic E-state index is 0.144. The molecule has 2 aromatic rings. The number of halogens is 2. The van der Waals surface area contributed by atoms with Crippen LogP contribution in [0.15, 0.2) is 91.5 Å². The van der Waals surface area contributed by atoms with Crippen LogP contribution < -0.4 is 5.63 Å². The molecule has 27 heavy (non-hydrogen) atoms. The fourth-order valence-corrected chi connectivity index (χ4v) is 11.4. The summed E-state index contributed by atoms with van der Waals surface area (Å²) in [4.78, 5) is 0. The van der Waals surface area contributed by atoms with Crippen LogP contribution >= 0.6 is 0 Å². The van der Waals surface area contributed by atoms with Crippen molar-refractivity contribution in [3.63, 3.8) is 0 Å². The van der Waals surface area contributed by atoms with Crippen molar-refractivity contribution in [2.45, 2.75) is 12.8 Å². The molecular weight excluding hydrogens is 425 g/mol. The zero-order valence-corrected chi connectivity index (χ0v) is 17.0. The minimum atomic E-state index is -4.34. The number of hydrogen-bond donors (Lipinski definition) is 0. The van der Waals surface area contributed by atoms with Crippen LogP contribution in [0, 0.1) is 11.6 Å². The molecule has 0 bridgehead atoms. The summed E-state index contributed by atoms with van der Waals surface area (Å²) < 4.78 is 43.6. The molecule has 0 amide bonds. The Morgan fingerprint density at radius 3 is 1.48 bits per heavy atom. The zero-order valence-electron chi connectivity index (χ0n) is 14.6. The zero-order chi connectivity index (χ0) is 18.7. The van der Waals surface area contributed by atoms with Gasteiger partial charge < -0.3 is 0 Å². The molecular formula is C22H18F2O2Zr. The van der Waals surface area contributed by atoms with Crippen molar-refractivity contribution in [2.75, 3.05) is 0 Å². The third kappa shape index (κ3) is 3.61. The van der Waals surface area contributed by atoms with Crippen molar-refractivity contribution < 1.29 is 35.6 Å². The molecule has 0 atom stereocenters. The third-order valence-electron chi connectivity index (χ3n) is 4.57. The topological polar surface area (TPSA) is 18.5 Å². The summed E-state index contributed by atoms with van der Waals surface area (Å²) in [6.07, 6.45) is 13.2. The first-order valence-corrected chi connectivity index (χ1v) is 13.2. The van der Waals surface area contributed by atoms with E-state index >= 15 is 0 Å². The summed E-state index contributed by atoms with van der Waals surface area (Å²) in [5, 5.41) is 0. The number of para-hydroxylation sites is 2. The Hall–Kier alpha value is -2.26. The van der Waals surface area contributed by atoms with Crippen LogP contribution in [0.2, 0.25) is 0 Å². The number of benzene rings is 2. The Bertz CT molecular complexity index is 896. The molecule has 136 valence electrons. The van der Waals surface area contributed by atoms with Crippen molar-refractivity contribution in [2.24, 2.45) is 0 Å². The first kappa shape index (κ1) is 18.1. The van der Waals surface area contributed by atoms with Gasteiger partial charge in [-0.3, -0.25) is 0 Å². The van der Waals surface area contributed by atoms with Crippen LogP contribution in [0.4, 0.5) is 8.78 Å². The molecule has 0 saturated carbocycles. The summed E-state index contributed by atoms with van der Waals surface area (Å²) in [5.41, 5.74) is 0. The Kier molecular flexibility index (Phi) is 5.22. The molecule has 2 nitrogen and oxygen atoms in total. The van der Waals surface area contributed by atoms with Gasteiger partial charge in [0, 0.05) is 0 Å². The predicted molar refractivity (Wildman–Crippen MR) is 97.7 cm³/mol. The van der Waals surface area contributed by atoms with Gasteiger partial charge in [-0.05, 0) is 0 Å². The monoisotopic (exact) mass is 442 g/mol. The van der Waals surface area contributed by atoms with E-state index in [1.807, 2.05) is 36.5 Å². The van der Waals surface area contributed by atoms with E-state index in [4.69, 9.17) is 5.63 Å². The summed E-state index contributed by atoms with van der Waals surface area (Å²) in [6, 6.07) is 12.6. The number of hydrogen-bond acceptors (Lipinski definition) is 2. The number of allylic oxidation sites excluding steroid dienone is 8. The van der Waals surface area contributed by atoms with Gasteiger partial charge in [-0.25, -0.2) is 0 Å². The van der Waals surface area contributed by atoms with Crippen LogP contribution in [0.1, 0.15) is 12.8 Å². The predicted octanol–water partition coefficient (Wildman–Crippen LogP) is 6.09. The van der Waals surface area contributed by atoms with Crippen LogP contribution in [0.5, 0.6) is 11.5 Å². The van der Waals surface area contributed by atoms with E-state index in [0.29, 0.717) is 12.8 Å². The van der Waals surface area contributed by atoms with E-state index < -0.39 is 32.8 Å². The fraction of sp³-hybridized carbons (Fsp3) is 0.0909. The van der Waals surface area contributed by atoms with Crippen molar-refractivity contribution in [1.29, 1.82) is 0 Å². The summed E-state index contributed by atoms with van der Waals surface area (Å²) in [6.45, 7) is 0. The molecule has 0 spiro atoms. The van der Waals surface area contributed by atoms with Gasteiger partial charge in [0.2, 0.25) is 0 Å². The van der Waals surface area contributed by atoms with Crippen molar-refractivity contribution in [3.05, 3.63) is 103 Å². The first-order valence-electron chi connectivity index (χ1n) is 8.78. The van der Waals surface area contributed by atoms with Gasteiger partial charge in [0.05, 0.1) is 0 Å². The standard InChI is InChI=1S/2C6H5FO.2C5H5.Zr/c2*7-5-3-1-2-4-6(5)8;2*1-2-4-5-3-1;/h2*1-4,8H;2*1-3H,4H2;/q;;;;+2/p-2. The molecule has 5 heteroatoms. The fourth-order valence-electron chi connectivity index (χ4n) is 3.24. The average molecular weight is 444 g/mol. The molecule has 2 aromatic carbocycles. The second-order valence-corrected chi connectivity index (χ2v) is 13.5. The van der Waals surface area contributed by atoms with Crippen molar-refractivity contribution >= 4 is 0 Å². The molecule has 0 aliphatic heterocycles. The van der Waals surface area contributed by atoms with E-state index in [0.717, 1.165) is 6.56 Å².